The van der Waals surface area contributed by atoms with Gasteiger partial charge in [-0.05, 0) is 25.3 Å². The van der Waals surface area contributed by atoms with Gasteiger partial charge >= 0.3 is 0 Å². The number of rotatable bonds is 5. The van der Waals surface area contributed by atoms with E-state index in [2.05, 4.69) is 5.32 Å². The highest BCUT2D eigenvalue weighted by atomic mass is 35.5. The van der Waals surface area contributed by atoms with Crippen LogP contribution in [0.4, 0.5) is 8.78 Å². The van der Waals surface area contributed by atoms with Crippen LogP contribution in [0.15, 0.2) is 24.3 Å². The molecule has 0 radical (unpaired) electrons. The predicted molar refractivity (Wildman–Crippen MR) is 87.2 cm³/mol. The van der Waals surface area contributed by atoms with E-state index in [1.165, 1.54) is 0 Å². The zero-order valence-electron chi connectivity index (χ0n) is 13.1. The van der Waals surface area contributed by atoms with Crippen molar-refractivity contribution in [3.8, 4) is 0 Å². The number of amides is 1. The lowest BCUT2D eigenvalue weighted by Gasteiger charge is -2.36. The number of nitrogens with two attached hydrogens (primary N) is 1. The molecule has 1 fully saturated rings. The maximum absolute atomic E-state index is 13.3. The van der Waals surface area contributed by atoms with E-state index in [0.717, 1.165) is 11.1 Å². The zero-order chi connectivity index (χ0) is 16.2. The molecule has 1 aliphatic heterocycles. The number of aryl methyl sites for hydroxylation is 1. The summed E-state index contributed by atoms with van der Waals surface area (Å²) >= 11 is 0. The van der Waals surface area contributed by atoms with Gasteiger partial charge in [0.15, 0.2) is 0 Å². The number of carbonyl (C=O) groups is 1. The van der Waals surface area contributed by atoms with Gasteiger partial charge < -0.3 is 15.8 Å². The van der Waals surface area contributed by atoms with Crippen LogP contribution in [0.5, 0.6) is 0 Å². The fourth-order valence-corrected chi connectivity index (χ4v) is 2.69. The first-order valence-electron chi connectivity index (χ1n) is 7.41. The SMILES string of the molecule is Cc1ccc(C2(C(=O)NCC(F)(F)CN)CCOCC2)cc1.Cl. The Labute approximate surface area is 141 Å². The molecule has 1 aromatic rings. The van der Waals surface area contributed by atoms with Crippen LogP contribution in [0.25, 0.3) is 0 Å². The second-order valence-corrected chi connectivity index (χ2v) is 5.80. The zero-order valence-corrected chi connectivity index (χ0v) is 13.9. The van der Waals surface area contributed by atoms with Crippen molar-refractivity contribution in [1.29, 1.82) is 0 Å². The highest BCUT2D eigenvalue weighted by Crippen LogP contribution is 2.35. The largest absolute Gasteiger partial charge is 0.381 e. The summed E-state index contributed by atoms with van der Waals surface area (Å²) in [4.78, 5) is 12.6. The van der Waals surface area contributed by atoms with Crippen LogP contribution in [0, 0.1) is 6.92 Å². The van der Waals surface area contributed by atoms with Crippen molar-refractivity contribution >= 4 is 18.3 Å². The van der Waals surface area contributed by atoms with E-state index in [-0.39, 0.29) is 18.3 Å². The Morgan fingerprint density at radius 2 is 1.87 bits per heavy atom. The van der Waals surface area contributed by atoms with E-state index in [9.17, 15) is 13.6 Å². The van der Waals surface area contributed by atoms with E-state index >= 15 is 0 Å². The molecule has 130 valence electrons. The van der Waals surface area contributed by atoms with Crippen LogP contribution in [-0.4, -0.2) is 38.1 Å². The molecule has 1 aromatic carbocycles. The molecule has 1 aliphatic rings. The Hall–Kier alpha value is -1.24. The third-order valence-corrected chi connectivity index (χ3v) is 4.19. The Morgan fingerprint density at radius 1 is 1.30 bits per heavy atom. The highest BCUT2D eigenvalue weighted by Gasteiger charge is 2.42. The minimum Gasteiger partial charge on any atom is -0.381 e. The lowest BCUT2D eigenvalue weighted by molar-refractivity contribution is -0.132. The maximum Gasteiger partial charge on any atom is 0.277 e. The van der Waals surface area contributed by atoms with Crippen LogP contribution in [0.3, 0.4) is 0 Å². The van der Waals surface area contributed by atoms with Gasteiger partial charge in [0.25, 0.3) is 5.92 Å². The molecule has 1 saturated heterocycles. The molecule has 23 heavy (non-hydrogen) atoms. The van der Waals surface area contributed by atoms with E-state index in [4.69, 9.17) is 10.5 Å². The van der Waals surface area contributed by atoms with Crippen molar-refractivity contribution in [2.45, 2.75) is 31.1 Å². The number of nitrogens with one attached hydrogen (secondary N) is 1. The van der Waals surface area contributed by atoms with Gasteiger partial charge in [-0.25, -0.2) is 8.78 Å². The van der Waals surface area contributed by atoms with E-state index in [1.807, 2.05) is 31.2 Å². The summed E-state index contributed by atoms with van der Waals surface area (Å²) in [6.07, 6.45) is 0.964. The number of ether oxygens (including phenoxy) is 1. The van der Waals surface area contributed by atoms with E-state index in [0.29, 0.717) is 26.1 Å². The molecular formula is C16H23ClF2N2O2. The molecule has 0 aliphatic carbocycles. The molecular weight excluding hydrogens is 326 g/mol. The van der Waals surface area contributed by atoms with E-state index in [1.54, 1.807) is 0 Å². The van der Waals surface area contributed by atoms with Gasteiger partial charge in [0.2, 0.25) is 5.91 Å². The monoisotopic (exact) mass is 348 g/mol. The highest BCUT2D eigenvalue weighted by molar-refractivity contribution is 5.88. The summed E-state index contributed by atoms with van der Waals surface area (Å²) in [6, 6.07) is 7.63. The lowest BCUT2D eigenvalue weighted by atomic mass is 9.73. The molecule has 2 rings (SSSR count). The number of hydrogen-bond donors (Lipinski definition) is 2. The Morgan fingerprint density at radius 3 is 2.39 bits per heavy atom. The second kappa shape index (κ2) is 8.04. The number of benzene rings is 1. The number of halogens is 3. The van der Waals surface area contributed by atoms with Crippen LogP contribution >= 0.6 is 12.4 Å². The third kappa shape index (κ3) is 4.62. The number of alkyl halides is 2. The Kier molecular flexibility index (Phi) is 6.92. The molecule has 0 atom stereocenters. The van der Waals surface area contributed by atoms with Gasteiger partial charge in [0.1, 0.15) is 0 Å². The summed E-state index contributed by atoms with van der Waals surface area (Å²) in [7, 11) is 0. The molecule has 0 bridgehead atoms. The number of carbonyl (C=O) groups excluding carboxylic acids is 1. The van der Waals surface area contributed by atoms with Gasteiger partial charge in [-0.15, -0.1) is 12.4 Å². The molecule has 4 nitrogen and oxygen atoms in total. The topological polar surface area (TPSA) is 64.4 Å². The molecule has 3 N–H and O–H groups in total. The molecule has 7 heteroatoms. The standard InChI is InChI=1S/C16H22F2N2O2.ClH/c1-12-2-4-13(5-3-12)15(6-8-22-9-7-15)14(21)20-11-16(17,18)10-19;/h2-5H,6-11,19H2,1H3,(H,20,21);1H. The van der Waals surface area contributed by atoms with E-state index < -0.39 is 24.4 Å². The predicted octanol–water partition coefficient (Wildman–Crippen LogP) is 2.18. The molecule has 0 spiro atoms. The molecule has 0 unspecified atom stereocenters. The Balaban J connectivity index is 0.00000264. The quantitative estimate of drug-likeness (QED) is 0.857. The molecule has 0 aromatic heterocycles. The fourth-order valence-electron chi connectivity index (χ4n) is 2.69. The van der Waals surface area contributed by atoms with Gasteiger partial charge in [0.05, 0.1) is 18.5 Å². The van der Waals surface area contributed by atoms with Crippen molar-refractivity contribution in [1.82, 2.24) is 5.32 Å². The maximum atomic E-state index is 13.3. The summed E-state index contributed by atoms with van der Waals surface area (Å²) < 4.78 is 31.9. The van der Waals surface area contributed by atoms with Crippen molar-refractivity contribution in [2.75, 3.05) is 26.3 Å². The van der Waals surface area contributed by atoms with Crippen molar-refractivity contribution in [3.63, 3.8) is 0 Å². The van der Waals surface area contributed by atoms with Gasteiger partial charge in [-0.1, -0.05) is 29.8 Å². The molecule has 0 saturated carbocycles. The minimum atomic E-state index is -3.09. The summed E-state index contributed by atoms with van der Waals surface area (Å²) in [5.74, 6) is -3.47. The first-order chi connectivity index (χ1) is 10.4. The Bertz CT molecular complexity index is 517. The van der Waals surface area contributed by atoms with Crippen molar-refractivity contribution < 1.29 is 18.3 Å². The normalized spacial score (nSPS) is 17.2. The average Bonchev–Trinajstić information content (AvgIpc) is 2.54. The average molecular weight is 349 g/mol. The van der Waals surface area contributed by atoms with Crippen LogP contribution < -0.4 is 11.1 Å². The summed E-state index contributed by atoms with van der Waals surface area (Å²) in [6.45, 7) is 1.32. The lowest BCUT2D eigenvalue weighted by Crippen LogP contribution is -2.51. The molecule has 1 amide bonds. The third-order valence-electron chi connectivity index (χ3n) is 4.19. The first kappa shape index (κ1) is 19.8. The fraction of sp³-hybridized carbons (Fsp3) is 0.562. The smallest absolute Gasteiger partial charge is 0.277 e. The van der Waals surface area contributed by atoms with Gasteiger partial charge in [0, 0.05) is 13.2 Å². The van der Waals surface area contributed by atoms with Crippen LogP contribution in [-0.2, 0) is 14.9 Å². The minimum absolute atomic E-state index is 0. The van der Waals surface area contributed by atoms with Crippen LogP contribution in [0.2, 0.25) is 0 Å². The van der Waals surface area contributed by atoms with Crippen LogP contribution in [0.1, 0.15) is 24.0 Å². The summed E-state index contributed by atoms with van der Waals surface area (Å²) in [5.41, 5.74) is 6.13. The first-order valence-corrected chi connectivity index (χ1v) is 7.41. The molecule has 1 heterocycles. The van der Waals surface area contributed by atoms with Gasteiger partial charge in [-0.2, -0.15) is 0 Å². The van der Waals surface area contributed by atoms with Crippen molar-refractivity contribution in [2.24, 2.45) is 5.73 Å². The van der Waals surface area contributed by atoms with Crippen molar-refractivity contribution in [3.05, 3.63) is 35.4 Å². The summed E-state index contributed by atoms with van der Waals surface area (Å²) in [5, 5.41) is 2.37. The second-order valence-electron chi connectivity index (χ2n) is 5.80. The van der Waals surface area contributed by atoms with Gasteiger partial charge in [-0.3, -0.25) is 4.79 Å². The number of hydrogen-bond acceptors (Lipinski definition) is 3.